The van der Waals surface area contributed by atoms with Crippen LogP contribution < -0.4 is 5.32 Å². The van der Waals surface area contributed by atoms with E-state index in [-0.39, 0.29) is 11.8 Å². The van der Waals surface area contributed by atoms with E-state index < -0.39 is 0 Å². The van der Waals surface area contributed by atoms with Gasteiger partial charge >= 0.3 is 0 Å². The lowest BCUT2D eigenvalue weighted by molar-refractivity contribution is -0.114. The first-order valence-electron chi connectivity index (χ1n) is 7.65. The molecular weight excluding hydrogens is 312 g/mol. The highest BCUT2D eigenvalue weighted by Crippen LogP contribution is 2.33. The number of anilines is 1. The van der Waals surface area contributed by atoms with Crippen molar-refractivity contribution in [1.29, 1.82) is 0 Å². The van der Waals surface area contributed by atoms with Crippen LogP contribution in [0.15, 0.2) is 24.4 Å². The Hall–Kier alpha value is -2.28. The second kappa shape index (κ2) is 6.87. The van der Waals surface area contributed by atoms with E-state index >= 15 is 0 Å². The molecule has 1 N–H and O–H groups in total. The summed E-state index contributed by atoms with van der Waals surface area (Å²) in [7, 11) is 0. The molecule has 6 nitrogen and oxygen atoms in total. The minimum atomic E-state index is -0.227. The minimum Gasteiger partial charge on any atom is -0.338 e. The van der Waals surface area contributed by atoms with E-state index in [1.165, 1.54) is 6.92 Å². The number of carbonyl (C=O) groups excluding carboxylic acids is 2. The number of pyridine rings is 1. The smallest absolute Gasteiger partial charge is 0.267 e. The SMILES string of the molecule is CC(=O)Nc1c(-c2ccccn2)nsc1C(=O)N1CCCCC1. The van der Waals surface area contributed by atoms with Gasteiger partial charge in [-0.3, -0.25) is 14.6 Å². The Morgan fingerprint density at radius 3 is 2.65 bits per heavy atom. The van der Waals surface area contributed by atoms with E-state index in [1.54, 1.807) is 6.20 Å². The van der Waals surface area contributed by atoms with Crippen LogP contribution in [0.3, 0.4) is 0 Å². The van der Waals surface area contributed by atoms with E-state index in [2.05, 4.69) is 14.7 Å². The molecule has 7 heteroatoms. The van der Waals surface area contributed by atoms with Gasteiger partial charge in [0.1, 0.15) is 10.6 Å². The van der Waals surface area contributed by atoms with E-state index in [9.17, 15) is 9.59 Å². The fourth-order valence-electron chi connectivity index (χ4n) is 2.65. The van der Waals surface area contributed by atoms with Crippen molar-refractivity contribution in [3.05, 3.63) is 29.3 Å². The summed E-state index contributed by atoms with van der Waals surface area (Å²) in [4.78, 5) is 30.9. The molecule has 1 saturated heterocycles. The fourth-order valence-corrected chi connectivity index (χ4v) is 3.46. The van der Waals surface area contributed by atoms with Gasteiger partial charge in [-0.05, 0) is 42.9 Å². The van der Waals surface area contributed by atoms with Crippen molar-refractivity contribution in [3.63, 3.8) is 0 Å². The number of nitrogens with zero attached hydrogens (tertiary/aromatic N) is 3. The number of carbonyl (C=O) groups is 2. The van der Waals surface area contributed by atoms with Crippen molar-refractivity contribution in [2.24, 2.45) is 0 Å². The minimum absolute atomic E-state index is 0.0619. The van der Waals surface area contributed by atoms with Crippen LogP contribution in [0.1, 0.15) is 35.9 Å². The number of hydrogen-bond donors (Lipinski definition) is 1. The second-order valence-corrected chi connectivity index (χ2v) is 6.26. The van der Waals surface area contributed by atoms with Gasteiger partial charge in [-0.25, -0.2) is 0 Å². The number of hydrogen-bond acceptors (Lipinski definition) is 5. The van der Waals surface area contributed by atoms with Gasteiger partial charge in [-0.15, -0.1) is 0 Å². The summed E-state index contributed by atoms with van der Waals surface area (Å²) in [6.45, 7) is 2.94. The Morgan fingerprint density at radius 1 is 1.22 bits per heavy atom. The van der Waals surface area contributed by atoms with E-state index in [4.69, 9.17) is 0 Å². The van der Waals surface area contributed by atoms with Gasteiger partial charge in [0.25, 0.3) is 5.91 Å². The third kappa shape index (κ3) is 3.39. The molecule has 2 amide bonds. The normalized spacial score (nSPS) is 14.6. The highest BCUT2D eigenvalue weighted by molar-refractivity contribution is 7.09. The Labute approximate surface area is 138 Å². The van der Waals surface area contributed by atoms with Gasteiger partial charge in [0.2, 0.25) is 5.91 Å². The molecule has 0 radical (unpaired) electrons. The molecule has 0 spiro atoms. The molecule has 2 aromatic heterocycles. The molecule has 120 valence electrons. The van der Waals surface area contributed by atoms with Crippen molar-refractivity contribution in [3.8, 4) is 11.4 Å². The summed E-state index contributed by atoms with van der Waals surface area (Å²) in [6.07, 6.45) is 4.86. The number of piperidine rings is 1. The number of aromatic nitrogens is 2. The van der Waals surface area contributed by atoms with Crippen LogP contribution in [-0.2, 0) is 4.79 Å². The van der Waals surface area contributed by atoms with Crippen LogP contribution in [0.2, 0.25) is 0 Å². The molecule has 1 fully saturated rings. The summed E-state index contributed by atoms with van der Waals surface area (Å²) in [6, 6.07) is 5.48. The maximum Gasteiger partial charge on any atom is 0.267 e. The zero-order valence-corrected chi connectivity index (χ0v) is 13.7. The first kappa shape index (κ1) is 15.6. The lowest BCUT2D eigenvalue weighted by Gasteiger charge is -2.26. The number of likely N-dealkylation sites (tertiary alicyclic amines) is 1. The Kier molecular flexibility index (Phi) is 4.66. The van der Waals surface area contributed by atoms with Crippen LogP contribution in [0.25, 0.3) is 11.4 Å². The summed E-state index contributed by atoms with van der Waals surface area (Å²) in [5, 5.41) is 2.76. The second-order valence-electron chi connectivity index (χ2n) is 5.48. The topological polar surface area (TPSA) is 75.2 Å². The molecule has 1 aliphatic rings. The van der Waals surface area contributed by atoms with Crippen molar-refractivity contribution in [2.75, 3.05) is 18.4 Å². The molecule has 3 rings (SSSR count). The van der Waals surface area contributed by atoms with Gasteiger partial charge in [-0.1, -0.05) is 6.07 Å². The third-order valence-electron chi connectivity index (χ3n) is 3.74. The standard InChI is InChI=1S/C16H18N4O2S/c1-11(21)18-14-13(12-7-3-4-8-17-12)19-23-15(14)16(22)20-9-5-2-6-10-20/h3-4,7-8H,2,5-6,9-10H2,1H3,(H,18,21). The number of rotatable bonds is 3. The van der Waals surface area contributed by atoms with E-state index in [0.717, 1.165) is 43.9 Å². The van der Waals surface area contributed by atoms with Crippen LogP contribution in [0.5, 0.6) is 0 Å². The van der Waals surface area contributed by atoms with Crippen LogP contribution in [0.4, 0.5) is 5.69 Å². The molecule has 0 aliphatic carbocycles. The molecular formula is C16H18N4O2S. The maximum atomic E-state index is 12.8. The molecule has 1 aliphatic heterocycles. The van der Waals surface area contributed by atoms with E-state index in [1.807, 2.05) is 23.1 Å². The van der Waals surface area contributed by atoms with Crippen LogP contribution >= 0.6 is 11.5 Å². The zero-order valence-electron chi connectivity index (χ0n) is 12.9. The molecule has 0 bridgehead atoms. The lowest BCUT2D eigenvalue weighted by atomic mass is 10.1. The van der Waals surface area contributed by atoms with Gasteiger partial charge in [0, 0.05) is 26.2 Å². The number of amides is 2. The predicted octanol–water partition coefficient (Wildman–Crippen LogP) is 2.79. The maximum absolute atomic E-state index is 12.8. The Bertz CT molecular complexity index is 708. The van der Waals surface area contributed by atoms with Crippen molar-refractivity contribution < 1.29 is 9.59 Å². The predicted molar refractivity (Wildman–Crippen MR) is 89.4 cm³/mol. The fraction of sp³-hybridized carbons (Fsp3) is 0.375. The quantitative estimate of drug-likeness (QED) is 0.939. The average molecular weight is 330 g/mol. The molecule has 2 aromatic rings. The van der Waals surface area contributed by atoms with Crippen LogP contribution in [-0.4, -0.2) is 39.2 Å². The highest BCUT2D eigenvalue weighted by Gasteiger charge is 2.26. The molecule has 3 heterocycles. The molecule has 0 aromatic carbocycles. The summed E-state index contributed by atoms with van der Waals surface area (Å²) >= 11 is 1.12. The summed E-state index contributed by atoms with van der Waals surface area (Å²) < 4.78 is 4.37. The monoisotopic (exact) mass is 330 g/mol. The average Bonchev–Trinajstić information content (AvgIpc) is 2.98. The van der Waals surface area contributed by atoms with Gasteiger partial charge in [-0.2, -0.15) is 4.37 Å². The molecule has 0 saturated carbocycles. The molecule has 0 atom stereocenters. The Morgan fingerprint density at radius 2 is 2.00 bits per heavy atom. The lowest BCUT2D eigenvalue weighted by Crippen LogP contribution is -2.35. The van der Waals surface area contributed by atoms with Crippen molar-refractivity contribution >= 4 is 29.0 Å². The van der Waals surface area contributed by atoms with Crippen molar-refractivity contribution in [2.45, 2.75) is 26.2 Å². The van der Waals surface area contributed by atoms with Gasteiger partial charge in [0.05, 0.1) is 11.4 Å². The summed E-state index contributed by atoms with van der Waals surface area (Å²) in [5.74, 6) is -0.289. The number of nitrogens with one attached hydrogen (secondary N) is 1. The Balaban J connectivity index is 1.98. The zero-order chi connectivity index (χ0) is 16.2. The molecule has 0 unspecified atom stereocenters. The van der Waals surface area contributed by atoms with Crippen LogP contribution in [0, 0.1) is 0 Å². The first-order chi connectivity index (χ1) is 11.2. The van der Waals surface area contributed by atoms with Gasteiger partial charge < -0.3 is 10.2 Å². The first-order valence-corrected chi connectivity index (χ1v) is 8.42. The molecule has 23 heavy (non-hydrogen) atoms. The summed E-state index contributed by atoms with van der Waals surface area (Å²) in [5.41, 5.74) is 1.66. The highest BCUT2D eigenvalue weighted by atomic mass is 32.1. The largest absolute Gasteiger partial charge is 0.338 e. The van der Waals surface area contributed by atoms with Gasteiger partial charge in [0.15, 0.2) is 0 Å². The third-order valence-corrected chi connectivity index (χ3v) is 4.57. The van der Waals surface area contributed by atoms with E-state index in [0.29, 0.717) is 22.0 Å². The van der Waals surface area contributed by atoms with Crippen molar-refractivity contribution in [1.82, 2.24) is 14.3 Å².